The van der Waals surface area contributed by atoms with Crippen LogP contribution in [-0.2, 0) is 9.53 Å². The number of carbonyl (C=O) groups excluding carboxylic acids is 1. The fourth-order valence-electron chi connectivity index (χ4n) is 2.64. The van der Waals surface area contributed by atoms with Crippen LogP contribution in [0.25, 0.3) is 0 Å². The molecule has 0 amide bonds. The van der Waals surface area contributed by atoms with E-state index < -0.39 is 5.41 Å². The molecule has 3 saturated heterocycles. The number of hydrogen-bond acceptors (Lipinski definition) is 4. The van der Waals surface area contributed by atoms with Gasteiger partial charge in [0, 0.05) is 6.54 Å². The third-order valence-corrected chi connectivity index (χ3v) is 4.48. The van der Waals surface area contributed by atoms with Gasteiger partial charge in [0.15, 0.2) is 0 Å². The Kier molecular flexibility index (Phi) is 3.73. The lowest BCUT2D eigenvalue weighted by Crippen LogP contribution is -2.53. The molecular weight excluding hydrogens is 218 g/mol. The first-order valence-corrected chi connectivity index (χ1v) is 6.63. The number of carbonyl (C=O) groups is 1. The fraction of sp³-hybridized carbons (Fsp3) is 0.923. The Bertz CT molecular complexity index is 280. The molecular formula is C13H23NO3. The van der Waals surface area contributed by atoms with E-state index in [-0.39, 0.29) is 18.7 Å². The lowest BCUT2D eigenvalue weighted by atomic mass is 9.85. The summed E-state index contributed by atoms with van der Waals surface area (Å²) in [5.41, 5.74) is -0.730. The molecule has 0 aromatic heterocycles. The van der Waals surface area contributed by atoms with E-state index in [1.165, 1.54) is 0 Å². The summed E-state index contributed by atoms with van der Waals surface area (Å²) < 4.78 is 5.63. The van der Waals surface area contributed by atoms with Gasteiger partial charge in [0.05, 0.1) is 12.0 Å². The lowest BCUT2D eigenvalue weighted by Gasteiger charge is -2.44. The number of aliphatic hydroxyl groups excluding tert-OH is 1. The Morgan fingerprint density at radius 2 is 2.12 bits per heavy atom. The van der Waals surface area contributed by atoms with Crippen molar-refractivity contribution in [3.05, 3.63) is 0 Å². The average molecular weight is 241 g/mol. The molecule has 0 aliphatic carbocycles. The molecule has 3 rings (SSSR count). The van der Waals surface area contributed by atoms with Gasteiger partial charge in [-0.3, -0.25) is 9.69 Å². The zero-order chi connectivity index (χ0) is 12.5. The zero-order valence-corrected chi connectivity index (χ0v) is 10.8. The average Bonchev–Trinajstić information content (AvgIpc) is 2.39. The van der Waals surface area contributed by atoms with E-state index in [1.54, 1.807) is 6.92 Å². The van der Waals surface area contributed by atoms with Crippen molar-refractivity contribution in [3.63, 3.8) is 0 Å². The van der Waals surface area contributed by atoms with E-state index in [0.717, 1.165) is 32.5 Å². The number of aliphatic hydroxyl groups is 1. The number of fused-ring (bicyclic) bond motifs is 3. The summed E-state index contributed by atoms with van der Waals surface area (Å²) >= 11 is 0. The van der Waals surface area contributed by atoms with Crippen molar-refractivity contribution in [2.24, 2.45) is 11.3 Å². The molecule has 3 aliphatic rings. The highest BCUT2D eigenvalue weighted by Crippen LogP contribution is 2.32. The van der Waals surface area contributed by atoms with Gasteiger partial charge < -0.3 is 9.84 Å². The quantitative estimate of drug-likeness (QED) is 0.747. The van der Waals surface area contributed by atoms with Gasteiger partial charge in [-0.05, 0) is 45.2 Å². The molecule has 3 heterocycles. The van der Waals surface area contributed by atoms with Crippen LogP contribution in [0.5, 0.6) is 0 Å². The second-order valence-corrected chi connectivity index (χ2v) is 5.65. The van der Waals surface area contributed by atoms with Gasteiger partial charge in [0.1, 0.15) is 6.10 Å². The van der Waals surface area contributed by atoms with E-state index in [2.05, 4.69) is 4.90 Å². The molecule has 0 radical (unpaired) electrons. The van der Waals surface area contributed by atoms with E-state index >= 15 is 0 Å². The van der Waals surface area contributed by atoms with E-state index in [4.69, 9.17) is 4.74 Å². The van der Waals surface area contributed by atoms with Crippen LogP contribution in [0.3, 0.4) is 0 Å². The normalized spacial score (nSPS) is 35.4. The molecule has 4 heteroatoms. The predicted molar refractivity (Wildman–Crippen MR) is 64.5 cm³/mol. The summed E-state index contributed by atoms with van der Waals surface area (Å²) in [4.78, 5) is 14.4. The van der Waals surface area contributed by atoms with Crippen LogP contribution in [0.15, 0.2) is 0 Å². The molecule has 0 spiro atoms. The highest BCUT2D eigenvalue weighted by atomic mass is 16.5. The van der Waals surface area contributed by atoms with Crippen molar-refractivity contribution in [1.29, 1.82) is 0 Å². The Morgan fingerprint density at radius 1 is 1.47 bits per heavy atom. The largest absolute Gasteiger partial charge is 0.460 e. The van der Waals surface area contributed by atoms with E-state index in [1.807, 2.05) is 6.92 Å². The van der Waals surface area contributed by atoms with Crippen molar-refractivity contribution in [3.8, 4) is 0 Å². The van der Waals surface area contributed by atoms with E-state index in [0.29, 0.717) is 12.3 Å². The molecule has 2 unspecified atom stereocenters. The van der Waals surface area contributed by atoms with Crippen LogP contribution in [0.1, 0.15) is 33.1 Å². The van der Waals surface area contributed by atoms with Gasteiger partial charge in [0.2, 0.25) is 0 Å². The number of nitrogens with zero attached hydrogens (tertiary/aromatic N) is 1. The molecule has 1 N–H and O–H groups in total. The fourth-order valence-corrected chi connectivity index (χ4v) is 2.64. The number of piperidine rings is 3. The van der Waals surface area contributed by atoms with Gasteiger partial charge in [-0.2, -0.15) is 0 Å². The Hall–Kier alpha value is -0.610. The second-order valence-electron chi connectivity index (χ2n) is 5.65. The third kappa shape index (κ3) is 2.47. The van der Waals surface area contributed by atoms with Gasteiger partial charge in [-0.25, -0.2) is 0 Å². The van der Waals surface area contributed by atoms with Crippen LogP contribution >= 0.6 is 0 Å². The van der Waals surface area contributed by atoms with Gasteiger partial charge in [-0.15, -0.1) is 0 Å². The van der Waals surface area contributed by atoms with Crippen molar-refractivity contribution < 1.29 is 14.6 Å². The van der Waals surface area contributed by atoms with Gasteiger partial charge in [-0.1, -0.05) is 6.92 Å². The Morgan fingerprint density at radius 3 is 2.53 bits per heavy atom. The van der Waals surface area contributed by atoms with Gasteiger partial charge in [0.25, 0.3) is 0 Å². The van der Waals surface area contributed by atoms with Crippen LogP contribution in [0.4, 0.5) is 0 Å². The molecule has 2 bridgehead atoms. The molecule has 2 atom stereocenters. The highest BCUT2D eigenvalue weighted by Gasteiger charge is 2.40. The Labute approximate surface area is 103 Å². The predicted octanol–water partition coefficient (Wildman–Crippen LogP) is 1.03. The minimum Gasteiger partial charge on any atom is -0.460 e. The minimum absolute atomic E-state index is 0.0439. The molecule has 0 aromatic rings. The van der Waals surface area contributed by atoms with Crippen molar-refractivity contribution in [2.45, 2.75) is 39.2 Å². The Balaban J connectivity index is 1.95. The summed E-state index contributed by atoms with van der Waals surface area (Å²) in [7, 11) is 0. The smallest absolute Gasteiger partial charge is 0.314 e. The number of hydrogen-bond donors (Lipinski definition) is 1. The zero-order valence-electron chi connectivity index (χ0n) is 10.8. The van der Waals surface area contributed by atoms with Crippen LogP contribution in [0.2, 0.25) is 0 Å². The van der Waals surface area contributed by atoms with Gasteiger partial charge >= 0.3 is 5.97 Å². The number of rotatable bonds is 4. The summed E-state index contributed by atoms with van der Waals surface area (Å²) in [5, 5.41) is 9.31. The SMILES string of the molecule is CCC(C)(CO)C(=O)OC1CN2CCC1CC2. The van der Waals surface area contributed by atoms with Crippen molar-refractivity contribution in [2.75, 3.05) is 26.2 Å². The standard InChI is InChI=1S/C13H23NO3/c1-3-13(2,9-15)12(16)17-11-8-14-6-4-10(11)5-7-14/h10-11,15H,3-9H2,1-2H3. The maximum atomic E-state index is 12.1. The second kappa shape index (κ2) is 4.94. The molecule has 17 heavy (non-hydrogen) atoms. The van der Waals surface area contributed by atoms with E-state index in [9.17, 15) is 9.90 Å². The maximum Gasteiger partial charge on any atom is 0.314 e. The number of esters is 1. The van der Waals surface area contributed by atoms with Crippen LogP contribution < -0.4 is 0 Å². The first-order chi connectivity index (χ1) is 8.09. The molecule has 4 nitrogen and oxygen atoms in total. The van der Waals surface area contributed by atoms with Crippen molar-refractivity contribution >= 4 is 5.97 Å². The first-order valence-electron chi connectivity index (χ1n) is 6.63. The third-order valence-electron chi connectivity index (χ3n) is 4.48. The summed E-state index contributed by atoms with van der Waals surface area (Å²) in [6.45, 7) is 6.71. The van der Waals surface area contributed by atoms with Crippen molar-refractivity contribution in [1.82, 2.24) is 4.90 Å². The maximum absolute atomic E-state index is 12.1. The lowest BCUT2D eigenvalue weighted by molar-refractivity contribution is -0.172. The minimum atomic E-state index is -0.730. The summed E-state index contributed by atoms with van der Waals surface area (Å²) in [6, 6.07) is 0. The number of ether oxygens (including phenoxy) is 1. The first kappa shape index (κ1) is 12.8. The molecule has 98 valence electrons. The molecule has 0 aromatic carbocycles. The molecule has 3 aliphatic heterocycles. The summed E-state index contributed by atoms with van der Waals surface area (Å²) in [5.74, 6) is 0.296. The monoisotopic (exact) mass is 241 g/mol. The molecule has 0 saturated carbocycles. The van der Waals surface area contributed by atoms with Crippen LogP contribution in [0, 0.1) is 11.3 Å². The molecule has 3 fully saturated rings. The highest BCUT2D eigenvalue weighted by molar-refractivity contribution is 5.76. The topological polar surface area (TPSA) is 49.8 Å². The summed E-state index contributed by atoms with van der Waals surface area (Å²) in [6.07, 6.45) is 2.94. The van der Waals surface area contributed by atoms with Crippen LogP contribution in [-0.4, -0.2) is 48.3 Å².